The first-order chi connectivity index (χ1) is 16.6. The molecule has 1 aliphatic carbocycles. The van der Waals surface area contributed by atoms with E-state index in [1.807, 2.05) is 30.3 Å². The van der Waals surface area contributed by atoms with Crippen molar-refractivity contribution in [1.82, 2.24) is 10.2 Å². The molecule has 0 radical (unpaired) electrons. The Hall–Kier alpha value is -2.53. The van der Waals surface area contributed by atoms with Gasteiger partial charge in [-0.3, -0.25) is 9.69 Å². The molecule has 4 nitrogen and oxygen atoms in total. The normalized spacial score (nSPS) is 15.2. The lowest BCUT2D eigenvalue weighted by Gasteiger charge is -2.36. The summed E-state index contributed by atoms with van der Waals surface area (Å²) in [4.78, 5) is 17.7. The molecule has 5 rings (SSSR count). The van der Waals surface area contributed by atoms with Crippen molar-refractivity contribution in [3.8, 4) is 11.1 Å². The highest BCUT2D eigenvalue weighted by molar-refractivity contribution is 6.43. The lowest BCUT2D eigenvalue weighted by molar-refractivity contribution is 0.0951. The van der Waals surface area contributed by atoms with E-state index in [4.69, 9.17) is 23.2 Å². The molecule has 1 saturated heterocycles. The lowest BCUT2D eigenvalue weighted by atomic mass is 10.0. The Balaban J connectivity index is 1.06. The zero-order valence-electron chi connectivity index (χ0n) is 19.2. The maximum absolute atomic E-state index is 12.9. The van der Waals surface area contributed by atoms with Crippen LogP contribution in [0.3, 0.4) is 0 Å². The molecule has 0 unspecified atom stereocenters. The van der Waals surface area contributed by atoms with Gasteiger partial charge in [0.05, 0.1) is 15.7 Å². The molecule has 0 saturated carbocycles. The van der Waals surface area contributed by atoms with Gasteiger partial charge >= 0.3 is 0 Å². The van der Waals surface area contributed by atoms with Crippen LogP contribution in [0, 0.1) is 0 Å². The minimum Gasteiger partial charge on any atom is -0.368 e. The van der Waals surface area contributed by atoms with Crippen molar-refractivity contribution < 1.29 is 4.79 Å². The Morgan fingerprint density at radius 1 is 0.853 bits per heavy atom. The third-order valence-corrected chi connectivity index (χ3v) is 7.74. The van der Waals surface area contributed by atoms with Gasteiger partial charge in [0.25, 0.3) is 5.91 Å². The van der Waals surface area contributed by atoms with Crippen LogP contribution in [0.5, 0.6) is 0 Å². The van der Waals surface area contributed by atoms with Crippen molar-refractivity contribution >= 4 is 34.8 Å². The number of unbranched alkanes of at least 4 members (excludes halogenated alkanes) is 1. The molecule has 176 valence electrons. The second kappa shape index (κ2) is 10.4. The fourth-order valence-corrected chi connectivity index (χ4v) is 5.49. The lowest BCUT2D eigenvalue weighted by Crippen LogP contribution is -2.46. The molecule has 6 heteroatoms. The van der Waals surface area contributed by atoms with E-state index in [1.54, 1.807) is 0 Å². The molecule has 0 atom stereocenters. The highest BCUT2D eigenvalue weighted by Crippen LogP contribution is 2.38. The molecule has 1 heterocycles. The fourth-order valence-electron chi connectivity index (χ4n) is 5.08. The molecular weight excluding hydrogens is 465 g/mol. The zero-order valence-corrected chi connectivity index (χ0v) is 20.7. The molecule has 0 spiro atoms. The van der Waals surface area contributed by atoms with E-state index in [-0.39, 0.29) is 5.91 Å². The predicted molar refractivity (Wildman–Crippen MR) is 141 cm³/mol. The molecule has 3 aromatic rings. The molecular formula is C28H29Cl2N3O. The Morgan fingerprint density at radius 2 is 1.62 bits per heavy atom. The smallest absolute Gasteiger partial charge is 0.251 e. The molecule has 1 aliphatic heterocycles. The number of piperazine rings is 1. The van der Waals surface area contributed by atoms with Gasteiger partial charge in [0.15, 0.2) is 0 Å². The van der Waals surface area contributed by atoms with Crippen LogP contribution in [-0.4, -0.2) is 50.1 Å². The minimum atomic E-state index is 0.0386. The highest BCUT2D eigenvalue weighted by atomic mass is 35.5. The average molecular weight is 494 g/mol. The maximum Gasteiger partial charge on any atom is 0.251 e. The summed E-state index contributed by atoms with van der Waals surface area (Å²) >= 11 is 12.6. The summed E-state index contributed by atoms with van der Waals surface area (Å²) in [6.07, 6.45) is 2.87. The van der Waals surface area contributed by atoms with Gasteiger partial charge in [0.2, 0.25) is 0 Å². The van der Waals surface area contributed by atoms with Crippen LogP contribution in [0.25, 0.3) is 11.1 Å². The number of carbonyl (C=O) groups excluding carboxylic acids is 1. The van der Waals surface area contributed by atoms with E-state index in [9.17, 15) is 4.79 Å². The minimum absolute atomic E-state index is 0.0386. The third kappa shape index (κ3) is 4.81. The van der Waals surface area contributed by atoms with Crippen molar-refractivity contribution in [3.05, 3.63) is 87.4 Å². The molecule has 1 N–H and O–H groups in total. The molecule has 34 heavy (non-hydrogen) atoms. The van der Waals surface area contributed by atoms with Gasteiger partial charge in [-0.2, -0.15) is 0 Å². The monoisotopic (exact) mass is 493 g/mol. The Bertz CT molecular complexity index is 1190. The van der Waals surface area contributed by atoms with Gasteiger partial charge in [-0.1, -0.05) is 65.7 Å². The number of carbonyl (C=O) groups is 1. The summed E-state index contributed by atoms with van der Waals surface area (Å²) in [5, 5.41) is 4.39. The molecule has 1 fully saturated rings. The molecule has 0 aromatic heterocycles. The molecule has 3 aromatic carbocycles. The second-order valence-electron chi connectivity index (χ2n) is 9.03. The van der Waals surface area contributed by atoms with Gasteiger partial charge in [-0.15, -0.1) is 0 Å². The number of nitrogens with one attached hydrogen (secondary N) is 1. The fraction of sp³-hybridized carbons (Fsp3) is 0.321. The van der Waals surface area contributed by atoms with Crippen LogP contribution in [-0.2, 0) is 6.42 Å². The number of hydrogen-bond acceptors (Lipinski definition) is 3. The number of amides is 1. The second-order valence-corrected chi connectivity index (χ2v) is 9.82. The van der Waals surface area contributed by atoms with Crippen LogP contribution >= 0.6 is 23.2 Å². The summed E-state index contributed by atoms with van der Waals surface area (Å²) in [5.41, 5.74) is 6.73. The summed E-state index contributed by atoms with van der Waals surface area (Å²) in [6.45, 7) is 5.64. The molecule has 1 amide bonds. The Kier molecular flexibility index (Phi) is 7.10. The third-order valence-electron chi connectivity index (χ3n) is 6.93. The van der Waals surface area contributed by atoms with E-state index in [0.717, 1.165) is 68.8 Å². The van der Waals surface area contributed by atoms with Crippen molar-refractivity contribution in [2.45, 2.75) is 19.3 Å². The number of halogens is 2. The summed E-state index contributed by atoms with van der Waals surface area (Å²) < 4.78 is 0. The van der Waals surface area contributed by atoms with Crippen molar-refractivity contribution in [2.75, 3.05) is 44.2 Å². The van der Waals surface area contributed by atoms with Gasteiger partial charge in [-0.05, 0) is 66.3 Å². The first kappa shape index (κ1) is 23.2. The Morgan fingerprint density at radius 3 is 2.47 bits per heavy atom. The van der Waals surface area contributed by atoms with E-state index >= 15 is 0 Å². The van der Waals surface area contributed by atoms with Crippen molar-refractivity contribution in [1.29, 1.82) is 0 Å². The number of hydrogen-bond donors (Lipinski definition) is 1. The quantitative estimate of drug-likeness (QED) is 0.325. The van der Waals surface area contributed by atoms with Crippen LogP contribution in [0.4, 0.5) is 5.69 Å². The zero-order chi connectivity index (χ0) is 23.5. The van der Waals surface area contributed by atoms with E-state index in [1.165, 1.54) is 16.7 Å². The van der Waals surface area contributed by atoms with Gasteiger partial charge in [-0.25, -0.2) is 0 Å². The number of benzene rings is 3. The molecule has 2 aliphatic rings. The highest BCUT2D eigenvalue weighted by Gasteiger charge is 2.23. The first-order valence-electron chi connectivity index (χ1n) is 12.0. The summed E-state index contributed by atoms with van der Waals surface area (Å²) in [7, 11) is 0. The number of nitrogens with zero attached hydrogens (tertiary/aromatic N) is 2. The number of fused-ring (bicyclic) bond motifs is 3. The average Bonchev–Trinajstić information content (AvgIpc) is 3.25. The van der Waals surface area contributed by atoms with Gasteiger partial charge < -0.3 is 10.2 Å². The van der Waals surface area contributed by atoms with Crippen molar-refractivity contribution in [2.24, 2.45) is 0 Å². The number of rotatable bonds is 7. The Labute approximate surface area is 211 Å². The van der Waals surface area contributed by atoms with Gasteiger partial charge in [0, 0.05) is 38.3 Å². The van der Waals surface area contributed by atoms with E-state index in [0.29, 0.717) is 16.6 Å². The van der Waals surface area contributed by atoms with Crippen LogP contribution in [0.1, 0.15) is 34.3 Å². The van der Waals surface area contributed by atoms with Crippen molar-refractivity contribution in [3.63, 3.8) is 0 Å². The number of anilines is 1. The van der Waals surface area contributed by atoms with Crippen LogP contribution < -0.4 is 10.2 Å². The van der Waals surface area contributed by atoms with Crippen LogP contribution in [0.15, 0.2) is 60.7 Å². The van der Waals surface area contributed by atoms with E-state index in [2.05, 4.69) is 45.4 Å². The van der Waals surface area contributed by atoms with Crippen LogP contribution in [0.2, 0.25) is 10.0 Å². The maximum atomic E-state index is 12.9. The largest absolute Gasteiger partial charge is 0.368 e. The van der Waals surface area contributed by atoms with E-state index < -0.39 is 0 Å². The first-order valence-corrected chi connectivity index (χ1v) is 12.8. The summed E-state index contributed by atoms with van der Waals surface area (Å²) in [6, 6.07) is 20.3. The standard InChI is InChI=1S/C28H29Cl2N3O/c29-25-11-6-12-26(27(25)30)33-17-15-32(16-18-33)14-4-3-13-31-28(34)23-10-5-9-22-21-8-2-1-7-20(21)19-24(22)23/h1-2,5-12H,3-4,13-19H2,(H,31,34). The SMILES string of the molecule is O=C(NCCCCN1CCN(c2cccc(Cl)c2Cl)CC1)c1cccc2c1Cc1ccccc1-2. The molecule has 0 bridgehead atoms. The topological polar surface area (TPSA) is 35.6 Å². The predicted octanol–water partition coefficient (Wildman–Crippen LogP) is 5.90. The summed E-state index contributed by atoms with van der Waals surface area (Å²) in [5.74, 6) is 0.0386. The van der Waals surface area contributed by atoms with Gasteiger partial charge in [0.1, 0.15) is 0 Å².